The molecule has 1 aromatic carbocycles. The Morgan fingerprint density at radius 3 is 2.44 bits per heavy atom. The minimum atomic E-state index is -0.691. The molecule has 138 valence electrons. The zero-order valence-electron chi connectivity index (χ0n) is 15.3. The van der Waals surface area contributed by atoms with E-state index in [1.54, 1.807) is 12.1 Å². The SMILES string of the molecule is CC(C)(C)CCCC(=O)O.Cc1cc(=O)oc2c(CN)c(O)ccc12. The van der Waals surface area contributed by atoms with Crippen molar-refractivity contribution in [3.05, 3.63) is 39.7 Å². The van der Waals surface area contributed by atoms with Crippen LogP contribution in [0.3, 0.4) is 0 Å². The van der Waals surface area contributed by atoms with Crippen LogP contribution in [0, 0.1) is 12.3 Å². The molecule has 6 heteroatoms. The van der Waals surface area contributed by atoms with Crippen molar-refractivity contribution in [2.24, 2.45) is 11.1 Å². The fourth-order valence-corrected chi connectivity index (χ4v) is 2.40. The molecule has 0 amide bonds. The molecular formula is C19H27NO5. The van der Waals surface area contributed by atoms with E-state index in [-0.39, 0.29) is 17.7 Å². The molecule has 0 aliphatic heterocycles. The molecule has 2 aromatic rings. The van der Waals surface area contributed by atoms with E-state index in [0.717, 1.165) is 23.8 Å². The third kappa shape index (κ3) is 6.58. The van der Waals surface area contributed by atoms with Crippen LogP contribution in [0.25, 0.3) is 11.0 Å². The van der Waals surface area contributed by atoms with E-state index in [9.17, 15) is 14.7 Å². The molecule has 0 radical (unpaired) electrons. The maximum absolute atomic E-state index is 11.2. The third-order valence-corrected chi connectivity index (χ3v) is 3.72. The molecule has 1 heterocycles. The van der Waals surface area contributed by atoms with Crippen molar-refractivity contribution in [3.8, 4) is 5.75 Å². The van der Waals surface area contributed by atoms with Crippen molar-refractivity contribution in [2.75, 3.05) is 0 Å². The van der Waals surface area contributed by atoms with Gasteiger partial charge in [-0.25, -0.2) is 4.79 Å². The lowest BCUT2D eigenvalue weighted by atomic mass is 9.90. The minimum absolute atomic E-state index is 0.0544. The largest absolute Gasteiger partial charge is 0.507 e. The summed E-state index contributed by atoms with van der Waals surface area (Å²) in [5.41, 5.74) is 7.00. The van der Waals surface area contributed by atoms with Crippen molar-refractivity contribution in [2.45, 2.75) is 53.5 Å². The van der Waals surface area contributed by atoms with Crippen molar-refractivity contribution < 1.29 is 19.4 Å². The second kappa shape index (κ2) is 8.67. The summed E-state index contributed by atoms with van der Waals surface area (Å²) < 4.78 is 5.05. The maximum Gasteiger partial charge on any atom is 0.336 e. The van der Waals surface area contributed by atoms with E-state index in [4.69, 9.17) is 15.3 Å². The number of phenols is 1. The van der Waals surface area contributed by atoms with Crippen LogP contribution in [0.4, 0.5) is 0 Å². The van der Waals surface area contributed by atoms with Crippen LogP contribution in [0.1, 0.15) is 51.2 Å². The Morgan fingerprint density at radius 1 is 1.28 bits per heavy atom. The highest BCUT2D eigenvalue weighted by Crippen LogP contribution is 2.27. The first kappa shape index (κ1) is 20.7. The number of hydrogen-bond donors (Lipinski definition) is 3. The molecule has 0 fully saturated rings. The molecular weight excluding hydrogens is 322 g/mol. The molecule has 0 aliphatic carbocycles. The first-order chi connectivity index (χ1) is 11.5. The van der Waals surface area contributed by atoms with Crippen molar-refractivity contribution in [1.82, 2.24) is 0 Å². The van der Waals surface area contributed by atoms with Gasteiger partial charge in [0.05, 0.1) is 5.56 Å². The average molecular weight is 349 g/mol. The Balaban J connectivity index is 0.000000275. The molecule has 6 nitrogen and oxygen atoms in total. The number of aryl methyl sites for hydroxylation is 1. The molecule has 2 rings (SSSR count). The molecule has 25 heavy (non-hydrogen) atoms. The van der Waals surface area contributed by atoms with E-state index in [1.807, 2.05) is 6.92 Å². The van der Waals surface area contributed by atoms with Crippen LogP contribution < -0.4 is 11.4 Å². The highest BCUT2D eigenvalue weighted by molar-refractivity contribution is 5.84. The Bertz CT molecular complexity index is 787. The van der Waals surface area contributed by atoms with Gasteiger partial charge in [0.25, 0.3) is 0 Å². The molecule has 0 saturated carbocycles. The highest BCUT2D eigenvalue weighted by Gasteiger charge is 2.11. The Labute approximate surface area is 147 Å². The molecule has 0 aliphatic rings. The highest BCUT2D eigenvalue weighted by atomic mass is 16.4. The van der Waals surface area contributed by atoms with Crippen LogP contribution in [0.2, 0.25) is 0 Å². The fourth-order valence-electron chi connectivity index (χ4n) is 2.40. The number of benzene rings is 1. The summed E-state index contributed by atoms with van der Waals surface area (Å²) in [6.07, 6.45) is 2.08. The summed E-state index contributed by atoms with van der Waals surface area (Å²) in [6.45, 7) is 8.31. The van der Waals surface area contributed by atoms with Crippen molar-refractivity contribution >= 4 is 16.9 Å². The average Bonchev–Trinajstić information content (AvgIpc) is 2.45. The second-order valence-corrected chi connectivity index (χ2v) is 7.20. The maximum atomic E-state index is 11.2. The number of phenolic OH excluding ortho intramolecular Hbond substituents is 1. The zero-order chi connectivity index (χ0) is 19.2. The van der Waals surface area contributed by atoms with Gasteiger partial charge in [-0.1, -0.05) is 20.8 Å². The van der Waals surface area contributed by atoms with Gasteiger partial charge in [-0.3, -0.25) is 4.79 Å². The summed E-state index contributed by atoms with van der Waals surface area (Å²) in [5.74, 6) is -0.636. The van der Waals surface area contributed by atoms with Gasteiger partial charge in [0.2, 0.25) is 0 Å². The van der Waals surface area contributed by atoms with Crippen molar-refractivity contribution in [3.63, 3.8) is 0 Å². The number of aliphatic carboxylic acids is 1. The van der Waals surface area contributed by atoms with Gasteiger partial charge in [0.1, 0.15) is 11.3 Å². The van der Waals surface area contributed by atoms with Crippen molar-refractivity contribution in [1.29, 1.82) is 0 Å². The van der Waals surface area contributed by atoms with Crippen LogP contribution in [0.15, 0.2) is 27.4 Å². The van der Waals surface area contributed by atoms with Crippen LogP contribution in [0.5, 0.6) is 5.75 Å². The van der Waals surface area contributed by atoms with Gasteiger partial charge in [-0.2, -0.15) is 0 Å². The number of aromatic hydroxyl groups is 1. The predicted molar refractivity (Wildman–Crippen MR) is 97.7 cm³/mol. The van der Waals surface area contributed by atoms with Crippen LogP contribution in [-0.2, 0) is 11.3 Å². The van der Waals surface area contributed by atoms with E-state index in [2.05, 4.69) is 20.8 Å². The molecule has 0 atom stereocenters. The molecule has 4 N–H and O–H groups in total. The Kier molecular flexibility index (Phi) is 7.18. The van der Waals surface area contributed by atoms with Gasteiger partial charge < -0.3 is 20.4 Å². The number of carboxylic acids is 1. The fraction of sp³-hybridized carbons (Fsp3) is 0.474. The molecule has 0 spiro atoms. The predicted octanol–water partition coefficient (Wildman–Crippen LogP) is 3.55. The van der Waals surface area contributed by atoms with Gasteiger partial charge in [-0.15, -0.1) is 0 Å². The number of nitrogens with two attached hydrogens (primary N) is 1. The Morgan fingerprint density at radius 2 is 1.92 bits per heavy atom. The lowest BCUT2D eigenvalue weighted by Gasteiger charge is -2.16. The van der Waals surface area contributed by atoms with Gasteiger partial charge >= 0.3 is 11.6 Å². The quantitative estimate of drug-likeness (QED) is 0.727. The summed E-state index contributed by atoms with van der Waals surface area (Å²) in [6, 6.07) is 4.68. The Hall–Kier alpha value is -2.34. The van der Waals surface area contributed by atoms with Gasteiger partial charge in [-0.05, 0) is 42.9 Å². The molecule has 0 saturated heterocycles. The van der Waals surface area contributed by atoms with E-state index < -0.39 is 11.6 Å². The van der Waals surface area contributed by atoms with Gasteiger partial charge in [0, 0.05) is 24.4 Å². The zero-order valence-corrected chi connectivity index (χ0v) is 15.3. The first-order valence-electron chi connectivity index (χ1n) is 8.22. The van der Waals surface area contributed by atoms with E-state index in [1.165, 1.54) is 6.07 Å². The number of rotatable bonds is 4. The van der Waals surface area contributed by atoms with Crippen LogP contribution in [-0.4, -0.2) is 16.2 Å². The van der Waals surface area contributed by atoms with E-state index in [0.29, 0.717) is 17.6 Å². The number of carboxylic acid groups (broad SMARTS) is 1. The lowest BCUT2D eigenvalue weighted by Crippen LogP contribution is -2.05. The smallest absolute Gasteiger partial charge is 0.336 e. The third-order valence-electron chi connectivity index (χ3n) is 3.72. The molecule has 0 unspecified atom stereocenters. The van der Waals surface area contributed by atoms with Crippen LogP contribution >= 0.6 is 0 Å². The summed E-state index contributed by atoms with van der Waals surface area (Å²) in [7, 11) is 0. The summed E-state index contributed by atoms with van der Waals surface area (Å²) in [4.78, 5) is 21.3. The topological polar surface area (TPSA) is 114 Å². The standard InChI is InChI=1S/C11H11NO3.C8H16O2/c1-6-4-10(14)15-11-7(6)2-3-9(13)8(11)5-12;1-8(2,3)6-4-5-7(9)10/h2-4,13H,5,12H2,1H3;4-6H2,1-3H3,(H,9,10). The van der Waals surface area contributed by atoms with E-state index >= 15 is 0 Å². The minimum Gasteiger partial charge on any atom is -0.507 e. The lowest BCUT2D eigenvalue weighted by molar-refractivity contribution is -0.137. The molecule has 0 bridgehead atoms. The normalized spacial score (nSPS) is 11.1. The summed E-state index contributed by atoms with van der Waals surface area (Å²) >= 11 is 0. The van der Waals surface area contributed by atoms with Gasteiger partial charge in [0.15, 0.2) is 0 Å². The number of hydrogen-bond acceptors (Lipinski definition) is 5. The second-order valence-electron chi connectivity index (χ2n) is 7.20. The number of fused-ring (bicyclic) bond motifs is 1. The molecule has 1 aromatic heterocycles. The number of carbonyl (C=O) groups is 1. The first-order valence-corrected chi connectivity index (χ1v) is 8.22. The monoisotopic (exact) mass is 349 g/mol. The summed E-state index contributed by atoms with van der Waals surface area (Å²) in [5, 5.41) is 18.7.